The normalized spacial score (nSPS) is 11.9. The van der Waals surface area contributed by atoms with E-state index in [1.54, 1.807) is 0 Å². The lowest BCUT2D eigenvalue weighted by molar-refractivity contribution is -0.117. The number of benzene rings is 1. The number of amides is 1. The number of carboxylic acids is 1. The number of hydrogen-bond acceptors (Lipinski definition) is 3. The Hall–Kier alpha value is -1.95. The summed E-state index contributed by atoms with van der Waals surface area (Å²) < 4.78 is 13.1. The van der Waals surface area contributed by atoms with Gasteiger partial charge in [-0.2, -0.15) is 0 Å². The molecular formula is C12H15FN2O3. The summed E-state index contributed by atoms with van der Waals surface area (Å²) >= 11 is 0. The first-order chi connectivity index (χ1) is 8.45. The number of carboxylic acid groups (broad SMARTS) is 1. The summed E-state index contributed by atoms with van der Waals surface area (Å²) in [7, 11) is 0. The average molecular weight is 254 g/mol. The highest BCUT2D eigenvalue weighted by atomic mass is 19.1. The second-order valence-electron chi connectivity index (χ2n) is 3.88. The molecule has 1 aromatic carbocycles. The van der Waals surface area contributed by atoms with Gasteiger partial charge >= 0.3 is 5.97 Å². The SMILES string of the molecule is CCC[C@H](N)C(=O)Nc1ccc(F)c(C(=O)O)c1. The molecule has 0 bridgehead atoms. The van der Waals surface area contributed by atoms with Crippen molar-refractivity contribution in [3.63, 3.8) is 0 Å². The molecule has 98 valence electrons. The van der Waals surface area contributed by atoms with Crippen LogP contribution in [0.4, 0.5) is 10.1 Å². The van der Waals surface area contributed by atoms with Gasteiger partial charge < -0.3 is 16.2 Å². The van der Waals surface area contributed by atoms with Gasteiger partial charge in [0, 0.05) is 5.69 Å². The molecular weight excluding hydrogens is 239 g/mol. The molecule has 5 nitrogen and oxygen atoms in total. The van der Waals surface area contributed by atoms with Gasteiger partial charge in [-0.3, -0.25) is 4.79 Å². The number of anilines is 1. The Kier molecular flexibility index (Phi) is 4.79. The predicted molar refractivity (Wildman–Crippen MR) is 64.9 cm³/mol. The van der Waals surface area contributed by atoms with E-state index in [0.717, 1.165) is 18.6 Å². The van der Waals surface area contributed by atoms with Crippen LogP contribution in [0.3, 0.4) is 0 Å². The molecule has 1 amide bonds. The number of hydrogen-bond donors (Lipinski definition) is 3. The van der Waals surface area contributed by atoms with E-state index in [9.17, 15) is 14.0 Å². The van der Waals surface area contributed by atoms with Gasteiger partial charge in [0.25, 0.3) is 0 Å². The molecule has 0 aliphatic heterocycles. The van der Waals surface area contributed by atoms with Crippen molar-refractivity contribution in [2.24, 2.45) is 5.73 Å². The molecule has 0 heterocycles. The van der Waals surface area contributed by atoms with E-state index in [1.807, 2.05) is 6.92 Å². The average Bonchev–Trinajstić information content (AvgIpc) is 2.31. The van der Waals surface area contributed by atoms with Crippen molar-refractivity contribution in [1.29, 1.82) is 0 Å². The smallest absolute Gasteiger partial charge is 0.338 e. The third kappa shape index (κ3) is 3.53. The Morgan fingerprint density at radius 2 is 2.17 bits per heavy atom. The van der Waals surface area contributed by atoms with Gasteiger partial charge in [0.2, 0.25) is 5.91 Å². The first-order valence-corrected chi connectivity index (χ1v) is 5.55. The van der Waals surface area contributed by atoms with Gasteiger partial charge in [0.05, 0.1) is 11.6 Å². The third-order valence-electron chi connectivity index (χ3n) is 2.40. The lowest BCUT2D eigenvalue weighted by Gasteiger charge is -2.11. The van der Waals surface area contributed by atoms with Crippen molar-refractivity contribution in [2.45, 2.75) is 25.8 Å². The van der Waals surface area contributed by atoms with Crippen molar-refractivity contribution in [3.05, 3.63) is 29.6 Å². The van der Waals surface area contributed by atoms with Crippen molar-refractivity contribution >= 4 is 17.6 Å². The van der Waals surface area contributed by atoms with Crippen LogP contribution < -0.4 is 11.1 Å². The standard InChI is InChI=1S/C12H15FN2O3/c1-2-3-10(14)11(16)15-7-4-5-9(13)8(6-7)12(17)18/h4-6,10H,2-3,14H2,1H3,(H,15,16)(H,17,18)/t10-/m0/s1. The van der Waals surface area contributed by atoms with Gasteiger partial charge in [0.15, 0.2) is 0 Å². The fraction of sp³-hybridized carbons (Fsp3) is 0.333. The van der Waals surface area contributed by atoms with Crippen molar-refractivity contribution in [1.82, 2.24) is 0 Å². The van der Waals surface area contributed by atoms with Gasteiger partial charge in [-0.25, -0.2) is 9.18 Å². The molecule has 0 saturated heterocycles. The van der Waals surface area contributed by atoms with E-state index in [4.69, 9.17) is 10.8 Å². The number of nitrogens with one attached hydrogen (secondary N) is 1. The van der Waals surface area contributed by atoms with Crippen LogP contribution in [-0.4, -0.2) is 23.0 Å². The maximum absolute atomic E-state index is 13.1. The minimum atomic E-state index is -1.39. The van der Waals surface area contributed by atoms with Gasteiger partial charge in [-0.15, -0.1) is 0 Å². The first kappa shape index (κ1) is 14.1. The number of rotatable bonds is 5. The van der Waals surface area contributed by atoms with E-state index in [2.05, 4.69) is 5.32 Å². The number of halogens is 1. The van der Waals surface area contributed by atoms with Crippen LogP contribution in [-0.2, 0) is 4.79 Å². The molecule has 1 atom stereocenters. The molecule has 0 spiro atoms. The van der Waals surface area contributed by atoms with E-state index >= 15 is 0 Å². The lowest BCUT2D eigenvalue weighted by Crippen LogP contribution is -2.35. The summed E-state index contributed by atoms with van der Waals surface area (Å²) in [4.78, 5) is 22.3. The number of carbonyl (C=O) groups excluding carboxylic acids is 1. The van der Waals surface area contributed by atoms with E-state index in [-0.39, 0.29) is 5.69 Å². The molecule has 0 aliphatic rings. The van der Waals surface area contributed by atoms with Crippen LogP contribution in [0.5, 0.6) is 0 Å². The zero-order valence-electron chi connectivity index (χ0n) is 9.94. The van der Waals surface area contributed by atoms with Crippen LogP contribution >= 0.6 is 0 Å². The lowest BCUT2D eigenvalue weighted by atomic mass is 10.1. The highest BCUT2D eigenvalue weighted by Crippen LogP contribution is 2.15. The maximum Gasteiger partial charge on any atom is 0.338 e. The molecule has 1 rings (SSSR count). The van der Waals surface area contributed by atoms with Crippen LogP contribution in [0.1, 0.15) is 30.1 Å². The second kappa shape index (κ2) is 6.11. The summed E-state index contributed by atoms with van der Waals surface area (Å²) in [6.45, 7) is 1.90. The number of carbonyl (C=O) groups is 2. The Balaban J connectivity index is 2.82. The van der Waals surface area contributed by atoms with E-state index in [1.165, 1.54) is 6.07 Å². The molecule has 0 radical (unpaired) electrons. The minimum Gasteiger partial charge on any atom is -0.478 e. The predicted octanol–water partition coefficient (Wildman–Crippen LogP) is 1.59. The Morgan fingerprint density at radius 1 is 1.50 bits per heavy atom. The highest BCUT2D eigenvalue weighted by molar-refractivity contribution is 5.96. The molecule has 0 aromatic heterocycles. The van der Waals surface area contributed by atoms with E-state index < -0.39 is 29.3 Å². The molecule has 18 heavy (non-hydrogen) atoms. The summed E-state index contributed by atoms with van der Waals surface area (Å²) in [6, 6.07) is 2.69. The summed E-state index contributed by atoms with van der Waals surface area (Å²) in [5, 5.41) is 11.2. The van der Waals surface area contributed by atoms with Gasteiger partial charge in [-0.05, 0) is 24.6 Å². The van der Waals surface area contributed by atoms with Crippen molar-refractivity contribution in [2.75, 3.05) is 5.32 Å². The maximum atomic E-state index is 13.1. The van der Waals surface area contributed by atoms with E-state index in [0.29, 0.717) is 6.42 Å². The number of aromatic carboxylic acids is 1. The monoisotopic (exact) mass is 254 g/mol. The van der Waals surface area contributed by atoms with Gasteiger partial charge in [-0.1, -0.05) is 13.3 Å². The molecule has 0 aliphatic carbocycles. The Morgan fingerprint density at radius 3 is 2.72 bits per heavy atom. The number of nitrogens with two attached hydrogens (primary N) is 1. The van der Waals surface area contributed by atoms with Crippen molar-refractivity contribution < 1.29 is 19.1 Å². The summed E-state index contributed by atoms with van der Waals surface area (Å²) in [5.41, 5.74) is 5.33. The Bertz CT molecular complexity index is 463. The highest BCUT2D eigenvalue weighted by Gasteiger charge is 2.15. The summed E-state index contributed by atoms with van der Waals surface area (Å²) in [6.07, 6.45) is 1.29. The topological polar surface area (TPSA) is 92.4 Å². The molecule has 4 N–H and O–H groups in total. The Labute approximate surface area is 104 Å². The zero-order valence-corrected chi connectivity index (χ0v) is 9.94. The fourth-order valence-electron chi connectivity index (χ4n) is 1.44. The first-order valence-electron chi connectivity index (χ1n) is 5.55. The zero-order chi connectivity index (χ0) is 13.7. The van der Waals surface area contributed by atoms with Crippen LogP contribution in [0.15, 0.2) is 18.2 Å². The van der Waals surface area contributed by atoms with Crippen molar-refractivity contribution in [3.8, 4) is 0 Å². The van der Waals surface area contributed by atoms with Gasteiger partial charge in [0.1, 0.15) is 5.82 Å². The summed E-state index contributed by atoms with van der Waals surface area (Å²) in [5.74, 6) is -2.65. The second-order valence-corrected chi connectivity index (χ2v) is 3.88. The minimum absolute atomic E-state index is 0.213. The molecule has 6 heteroatoms. The fourth-order valence-corrected chi connectivity index (χ4v) is 1.44. The molecule has 0 fully saturated rings. The van der Waals surface area contributed by atoms with Crippen LogP contribution in [0.2, 0.25) is 0 Å². The molecule has 1 aromatic rings. The quantitative estimate of drug-likeness (QED) is 0.744. The van der Waals surface area contributed by atoms with Crippen LogP contribution in [0, 0.1) is 5.82 Å². The van der Waals surface area contributed by atoms with Crippen LogP contribution in [0.25, 0.3) is 0 Å². The largest absolute Gasteiger partial charge is 0.478 e. The molecule has 0 unspecified atom stereocenters. The molecule has 0 saturated carbocycles. The third-order valence-corrected chi connectivity index (χ3v) is 2.40.